The third-order valence-electron chi connectivity index (χ3n) is 4.14. The average molecular weight is 313 g/mol. The van der Waals surface area contributed by atoms with Gasteiger partial charge in [0, 0.05) is 6.04 Å². The van der Waals surface area contributed by atoms with Gasteiger partial charge in [-0.15, -0.1) is 0 Å². The van der Waals surface area contributed by atoms with Crippen LogP contribution in [-0.4, -0.2) is 29.6 Å². The van der Waals surface area contributed by atoms with Gasteiger partial charge in [-0.2, -0.15) is 0 Å². The molecule has 0 heterocycles. The van der Waals surface area contributed by atoms with Gasteiger partial charge < -0.3 is 15.2 Å². The zero-order chi connectivity index (χ0) is 16.4. The Balaban J connectivity index is 1.63. The fourth-order valence-corrected chi connectivity index (χ4v) is 2.61. The fourth-order valence-electron chi connectivity index (χ4n) is 2.61. The first kappa shape index (κ1) is 15.3. The molecule has 0 aliphatic heterocycles. The first-order valence-electron chi connectivity index (χ1n) is 7.73. The van der Waals surface area contributed by atoms with E-state index in [4.69, 9.17) is 4.74 Å². The van der Waals surface area contributed by atoms with E-state index in [0.717, 1.165) is 23.6 Å². The van der Waals surface area contributed by atoms with Crippen molar-refractivity contribution >= 4 is 22.6 Å². The van der Waals surface area contributed by atoms with Gasteiger partial charge in [0.1, 0.15) is 11.3 Å². The predicted molar refractivity (Wildman–Crippen MR) is 86.2 cm³/mol. The quantitative estimate of drug-likeness (QED) is 0.832. The second-order valence-electron chi connectivity index (χ2n) is 5.99. The lowest BCUT2D eigenvalue weighted by molar-refractivity contribution is -0.125. The lowest BCUT2D eigenvalue weighted by Gasteiger charge is -2.13. The summed E-state index contributed by atoms with van der Waals surface area (Å²) >= 11 is 0. The van der Waals surface area contributed by atoms with E-state index >= 15 is 0 Å². The molecule has 1 amide bonds. The standard InChI is InChI=1S/C18H19NO4/c1-11(12-6-7-12)19-17(21)10-23-18(22)15-8-13-4-2-3-5-14(13)9-16(15)20/h2-5,8-9,11-12,20H,6-7,10H2,1H3,(H,19,21)/t11-/m0/s1. The molecule has 0 aromatic heterocycles. The highest BCUT2D eigenvalue weighted by atomic mass is 16.5. The van der Waals surface area contributed by atoms with Crippen LogP contribution in [0.25, 0.3) is 10.8 Å². The number of amides is 1. The summed E-state index contributed by atoms with van der Waals surface area (Å²) < 4.78 is 5.01. The van der Waals surface area contributed by atoms with Crippen molar-refractivity contribution in [2.24, 2.45) is 5.92 Å². The highest BCUT2D eigenvalue weighted by Crippen LogP contribution is 2.32. The van der Waals surface area contributed by atoms with Gasteiger partial charge in [-0.3, -0.25) is 4.79 Å². The van der Waals surface area contributed by atoms with Crippen molar-refractivity contribution in [1.82, 2.24) is 5.32 Å². The van der Waals surface area contributed by atoms with E-state index in [1.54, 1.807) is 6.07 Å². The summed E-state index contributed by atoms with van der Waals surface area (Å²) in [6.07, 6.45) is 2.26. The maximum atomic E-state index is 12.1. The van der Waals surface area contributed by atoms with Crippen molar-refractivity contribution in [2.75, 3.05) is 6.61 Å². The van der Waals surface area contributed by atoms with Gasteiger partial charge in [0.25, 0.3) is 5.91 Å². The summed E-state index contributed by atoms with van der Waals surface area (Å²) in [4.78, 5) is 23.9. The molecule has 2 N–H and O–H groups in total. The number of phenols is 1. The van der Waals surface area contributed by atoms with E-state index in [1.807, 2.05) is 31.2 Å². The number of hydrogen-bond donors (Lipinski definition) is 2. The van der Waals surface area contributed by atoms with Gasteiger partial charge in [-0.05, 0) is 48.6 Å². The second-order valence-corrected chi connectivity index (χ2v) is 5.99. The van der Waals surface area contributed by atoms with Gasteiger partial charge in [-0.25, -0.2) is 4.79 Å². The van der Waals surface area contributed by atoms with Crippen molar-refractivity contribution in [1.29, 1.82) is 0 Å². The van der Waals surface area contributed by atoms with Crippen LogP contribution in [0.15, 0.2) is 36.4 Å². The molecule has 120 valence electrons. The van der Waals surface area contributed by atoms with E-state index < -0.39 is 5.97 Å². The zero-order valence-electron chi connectivity index (χ0n) is 12.9. The van der Waals surface area contributed by atoms with Gasteiger partial charge >= 0.3 is 5.97 Å². The van der Waals surface area contributed by atoms with Crippen LogP contribution >= 0.6 is 0 Å². The van der Waals surface area contributed by atoms with E-state index in [-0.39, 0.29) is 29.9 Å². The molecule has 0 unspecified atom stereocenters. The normalized spacial score (nSPS) is 15.2. The Morgan fingerprint density at radius 1 is 1.26 bits per heavy atom. The van der Waals surface area contributed by atoms with Gasteiger partial charge in [0.2, 0.25) is 0 Å². The Kier molecular flexibility index (Phi) is 4.19. The summed E-state index contributed by atoms with van der Waals surface area (Å²) in [5, 5.41) is 14.4. The van der Waals surface area contributed by atoms with Crippen molar-refractivity contribution in [2.45, 2.75) is 25.8 Å². The zero-order valence-corrected chi connectivity index (χ0v) is 12.9. The minimum Gasteiger partial charge on any atom is -0.507 e. The molecule has 0 bridgehead atoms. The molecule has 3 rings (SSSR count). The van der Waals surface area contributed by atoms with Gasteiger partial charge in [0.15, 0.2) is 6.61 Å². The molecule has 0 spiro atoms. The summed E-state index contributed by atoms with van der Waals surface area (Å²) in [6.45, 7) is 1.61. The van der Waals surface area contributed by atoms with E-state index in [0.29, 0.717) is 5.92 Å². The minimum absolute atomic E-state index is 0.0618. The van der Waals surface area contributed by atoms with E-state index in [2.05, 4.69) is 5.32 Å². The van der Waals surface area contributed by atoms with Crippen molar-refractivity contribution < 1.29 is 19.4 Å². The Hall–Kier alpha value is -2.56. The molecule has 0 radical (unpaired) electrons. The largest absolute Gasteiger partial charge is 0.507 e. The second kappa shape index (κ2) is 6.28. The minimum atomic E-state index is -0.706. The van der Waals surface area contributed by atoms with Gasteiger partial charge in [-0.1, -0.05) is 24.3 Å². The molecule has 2 aromatic rings. The van der Waals surface area contributed by atoms with Crippen LogP contribution in [0.2, 0.25) is 0 Å². The van der Waals surface area contributed by atoms with Crippen molar-refractivity contribution in [3.8, 4) is 5.75 Å². The highest BCUT2D eigenvalue weighted by molar-refractivity contribution is 5.99. The van der Waals surface area contributed by atoms with Crippen LogP contribution in [0.1, 0.15) is 30.1 Å². The Bertz CT molecular complexity index is 752. The number of carbonyl (C=O) groups excluding carboxylic acids is 2. The SMILES string of the molecule is C[C@H](NC(=O)COC(=O)c1cc2ccccc2cc1O)C1CC1. The number of ether oxygens (including phenoxy) is 1. The topological polar surface area (TPSA) is 75.6 Å². The first-order chi connectivity index (χ1) is 11.0. The monoisotopic (exact) mass is 313 g/mol. The maximum Gasteiger partial charge on any atom is 0.342 e. The Labute approximate surface area is 134 Å². The third kappa shape index (κ3) is 3.62. The molecular weight excluding hydrogens is 294 g/mol. The molecule has 2 aromatic carbocycles. The summed E-state index contributed by atoms with van der Waals surface area (Å²) in [5.74, 6) is -0.639. The van der Waals surface area contributed by atoms with Crippen LogP contribution in [0, 0.1) is 5.92 Å². The van der Waals surface area contributed by atoms with Crippen LogP contribution in [0.4, 0.5) is 0 Å². The number of nitrogens with one attached hydrogen (secondary N) is 1. The Morgan fingerprint density at radius 3 is 2.57 bits per heavy atom. The molecule has 5 heteroatoms. The predicted octanol–water partition coefficient (Wildman–Crippen LogP) is 2.62. The summed E-state index contributed by atoms with van der Waals surface area (Å²) in [7, 11) is 0. The number of phenolic OH excluding ortho intramolecular Hbond substituents is 1. The van der Waals surface area contributed by atoms with Crippen molar-refractivity contribution in [3.63, 3.8) is 0 Å². The average Bonchev–Trinajstić information content (AvgIpc) is 3.36. The molecule has 1 atom stereocenters. The van der Waals surface area contributed by atoms with Crippen LogP contribution in [-0.2, 0) is 9.53 Å². The number of aromatic hydroxyl groups is 1. The number of hydrogen-bond acceptors (Lipinski definition) is 4. The summed E-state index contributed by atoms with van der Waals surface area (Å²) in [5.41, 5.74) is 0.0618. The van der Waals surface area contributed by atoms with E-state index in [1.165, 1.54) is 6.07 Å². The first-order valence-corrected chi connectivity index (χ1v) is 7.73. The number of benzene rings is 2. The van der Waals surface area contributed by atoms with Gasteiger partial charge in [0.05, 0.1) is 0 Å². The summed E-state index contributed by atoms with van der Waals surface area (Å²) in [6, 6.07) is 10.6. The molecule has 23 heavy (non-hydrogen) atoms. The number of esters is 1. The number of rotatable bonds is 5. The highest BCUT2D eigenvalue weighted by Gasteiger charge is 2.29. The van der Waals surface area contributed by atoms with Crippen LogP contribution < -0.4 is 5.32 Å². The smallest absolute Gasteiger partial charge is 0.342 e. The molecule has 1 aliphatic carbocycles. The molecule has 1 fully saturated rings. The van der Waals surface area contributed by atoms with E-state index in [9.17, 15) is 14.7 Å². The lowest BCUT2D eigenvalue weighted by atomic mass is 10.1. The fraction of sp³-hybridized carbons (Fsp3) is 0.333. The molecule has 1 saturated carbocycles. The molecule has 0 saturated heterocycles. The number of carbonyl (C=O) groups is 2. The molecular formula is C18H19NO4. The number of fused-ring (bicyclic) bond motifs is 1. The van der Waals surface area contributed by atoms with Crippen LogP contribution in [0.3, 0.4) is 0 Å². The molecule has 5 nitrogen and oxygen atoms in total. The molecule has 1 aliphatic rings. The van der Waals surface area contributed by atoms with Crippen molar-refractivity contribution in [3.05, 3.63) is 42.0 Å². The Morgan fingerprint density at radius 2 is 1.91 bits per heavy atom. The third-order valence-corrected chi connectivity index (χ3v) is 4.14. The lowest BCUT2D eigenvalue weighted by Crippen LogP contribution is -2.37. The maximum absolute atomic E-state index is 12.1. The van der Waals surface area contributed by atoms with Crippen LogP contribution in [0.5, 0.6) is 5.75 Å².